The van der Waals surface area contributed by atoms with Crippen LogP contribution in [0.2, 0.25) is 0 Å². The standard InChI is InChI=1S/C16H16N6O/c1-22-20-16(19-21-22)11-3-6-14(7-4-11)23-10-13-5-2-12-8-9-17-15(12)18-13/h2-7H,8-10H2,1H3,(H,17,18). The highest BCUT2D eigenvalue weighted by atomic mass is 16.5. The first kappa shape index (κ1) is 13.7. The molecule has 0 bridgehead atoms. The number of anilines is 1. The SMILES string of the molecule is Cn1nnc(-c2ccc(OCc3ccc4c(n3)NCC4)cc2)n1. The summed E-state index contributed by atoms with van der Waals surface area (Å²) < 4.78 is 5.80. The minimum Gasteiger partial charge on any atom is -0.487 e. The number of nitrogens with zero attached hydrogens (tertiary/aromatic N) is 5. The lowest BCUT2D eigenvalue weighted by Crippen LogP contribution is -2.00. The molecule has 3 aromatic rings. The van der Waals surface area contributed by atoms with Gasteiger partial charge in [-0.3, -0.25) is 0 Å². The lowest BCUT2D eigenvalue weighted by molar-refractivity contribution is 0.301. The number of benzene rings is 1. The van der Waals surface area contributed by atoms with Gasteiger partial charge >= 0.3 is 0 Å². The van der Waals surface area contributed by atoms with Crippen molar-refractivity contribution in [1.82, 2.24) is 25.2 Å². The molecule has 0 atom stereocenters. The maximum Gasteiger partial charge on any atom is 0.204 e. The fourth-order valence-corrected chi connectivity index (χ4v) is 2.54. The number of hydrogen-bond acceptors (Lipinski definition) is 6. The van der Waals surface area contributed by atoms with Crippen LogP contribution < -0.4 is 10.1 Å². The van der Waals surface area contributed by atoms with Crippen LogP contribution in [0.5, 0.6) is 5.75 Å². The average Bonchev–Trinajstić information content (AvgIpc) is 3.21. The van der Waals surface area contributed by atoms with Gasteiger partial charge in [-0.1, -0.05) is 6.07 Å². The van der Waals surface area contributed by atoms with E-state index in [0.717, 1.165) is 35.8 Å². The molecule has 1 aliphatic rings. The molecule has 7 heteroatoms. The van der Waals surface area contributed by atoms with Crippen molar-refractivity contribution in [3.63, 3.8) is 0 Å². The summed E-state index contributed by atoms with van der Waals surface area (Å²) in [5.74, 6) is 2.37. The molecule has 3 heterocycles. The highest BCUT2D eigenvalue weighted by molar-refractivity contribution is 5.55. The van der Waals surface area contributed by atoms with Crippen LogP contribution in [0, 0.1) is 0 Å². The molecule has 7 nitrogen and oxygen atoms in total. The van der Waals surface area contributed by atoms with Crippen molar-refractivity contribution in [2.75, 3.05) is 11.9 Å². The molecule has 0 aliphatic carbocycles. The summed E-state index contributed by atoms with van der Waals surface area (Å²) in [4.78, 5) is 6.01. The molecule has 4 rings (SSSR count). The Kier molecular flexibility index (Phi) is 3.38. The summed E-state index contributed by atoms with van der Waals surface area (Å²) in [6.07, 6.45) is 1.04. The predicted octanol–water partition coefficient (Wildman–Crippen LogP) is 1.82. The Morgan fingerprint density at radius 1 is 1.17 bits per heavy atom. The van der Waals surface area contributed by atoms with Gasteiger partial charge in [0.1, 0.15) is 18.2 Å². The van der Waals surface area contributed by atoms with Crippen molar-refractivity contribution in [2.24, 2.45) is 7.05 Å². The maximum absolute atomic E-state index is 5.80. The molecule has 0 radical (unpaired) electrons. The molecule has 116 valence electrons. The van der Waals surface area contributed by atoms with Gasteiger partial charge in [0.05, 0.1) is 12.7 Å². The largest absolute Gasteiger partial charge is 0.487 e. The number of aryl methyl sites for hydroxylation is 1. The summed E-state index contributed by atoms with van der Waals surface area (Å²) in [6.45, 7) is 1.40. The zero-order valence-corrected chi connectivity index (χ0v) is 12.7. The van der Waals surface area contributed by atoms with Crippen molar-refractivity contribution < 1.29 is 4.74 Å². The molecule has 0 fully saturated rings. The first-order chi connectivity index (χ1) is 11.3. The van der Waals surface area contributed by atoms with Crippen LogP contribution in [0.3, 0.4) is 0 Å². The Hall–Kier alpha value is -2.96. The van der Waals surface area contributed by atoms with Crippen LogP contribution >= 0.6 is 0 Å². The van der Waals surface area contributed by atoms with Crippen LogP contribution in [-0.4, -0.2) is 31.7 Å². The molecule has 0 spiro atoms. The zero-order valence-electron chi connectivity index (χ0n) is 12.7. The fraction of sp³-hybridized carbons (Fsp3) is 0.250. The summed E-state index contributed by atoms with van der Waals surface area (Å²) >= 11 is 0. The number of aromatic nitrogens is 5. The van der Waals surface area contributed by atoms with Crippen LogP contribution in [0.1, 0.15) is 11.3 Å². The first-order valence-electron chi connectivity index (χ1n) is 7.48. The van der Waals surface area contributed by atoms with E-state index < -0.39 is 0 Å². The topological polar surface area (TPSA) is 77.8 Å². The number of ether oxygens (including phenoxy) is 1. The number of nitrogens with one attached hydrogen (secondary N) is 1. The van der Waals surface area contributed by atoms with Gasteiger partial charge in [-0.15, -0.1) is 10.2 Å². The van der Waals surface area contributed by atoms with Gasteiger partial charge in [0.15, 0.2) is 0 Å². The molecular formula is C16H16N6O. The van der Waals surface area contributed by atoms with E-state index in [0.29, 0.717) is 12.4 Å². The van der Waals surface area contributed by atoms with E-state index in [1.54, 1.807) is 7.05 Å². The number of pyridine rings is 1. The Morgan fingerprint density at radius 3 is 2.83 bits per heavy atom. The zero-order chi connectivity index (χ0) is 15.6. The van der Waals surface area contributed by atoms with E-state index in [1.165, 1.54) is 10.4 Å². The Balaban J connectivity index is 1.43. The predicted molar refractivity (Wildman–Crippen MR) is 85.0 cm³/mol. The van der Waals surface area contributed by atoms with Gasteiger partial charge in [-0.05, 0) is 47.5 Å². The highest BCUT2D eigenvalue weighted by Crippen LogP contribution is 2.22. The third kappa shape index (κ3) is 2.85. The fourth-order valence-electron chi connectivity index (χ4n) is 2.54. The van der Waals surface area contributed by atoms with Crippen molar-refractivity contribution in [3.8, 4) is 17.1 Å². The van der Waals surface area contributed by atoms with Crippen LogP contribution in [0.4, 0.5) is 5.82 Å². The normalized spacial score (nSPS) is 12.7. The van der Waals surface area contributed by atoms with E-state index in [9.17, 15) is 0 Å². The van der Waals surface area contributed by atoms with Gasteiger partial charge in [0.25, 0.3) is 0 Å². The highest BCUT2D eigenvalue weighted by Gasteiger charge is 2.11. The second-order valence-electron chi connectivity index (χ2n) is 5.40. The Labute approximate surface area is 133 Å². The number of tetrazole rings is 1. The Bertz CT molecular complexity index is 827. The number of hydrogen-bond donors (Lipinski definition) is 1. The quantitative estimate of drug-likeness (QED) is 0.792. The van der Waals surface area contributed by atoms with Crippen molar-refractivity contribution in [1.29, 1.82) is 0 Å². The lowest BCUT2D eigenvalue weighted by Gasteiger charge is -2.07. The van der Waals surface area contributed by atoms with E-state index in [2.05, 4.69) is 31.8 Å². The summed E-state index contributed by atoms with van der Waals surface area (Å²) in [6, 6.07) is 11.8. The maximum atomic E-state index is 5.80. The van der Waals surface area contributed by atoms with Crippen molar-refractivity contribution in [3.05, 3.63) is 47.7 Å². The minimum atomic E-state index is 0.442. The number of rotatable bonds is 4. The van der Waals surface area contributed by atoms with Gasteiger partial charge in [0, 0.05) is 12.1 Å². The van der Waals surface area contributed by atoms with E-state index >= 15 is 0 Å². The van der Waals surface area contributed by atoms with Crippen LogP contribution in [0.25, 0.3) is 11.4 Å². The molecule has 0 amide bonds. The Morgan fingerprint density at radius 2 is 2.04 bits per heavy atom. The second-order valence-corrected chi connectivity index (χ2v) is 5.40. The molecule has 2 aromatic heterocycles. The van der Waals surface area contributed by atoms with Crippen molar-refractivity contribution >= 4 is 5.82 Å². The van der Waals surface area contributed by atoms with Gasteiger partial charge in [0.2, 0.25) is 5.82 Å². The lowest BCUT2D eigenvalue weighted by atomic mass is 10.2. The molecular weight excluding hydrogens is 292 g/mol. The smallest absolute Gasteiger partial charge is 0.204 e. The third-order valence-corrected chi connectivity index (χ3v) is 3.73. The minimum absolute atomic E-state index is 0.442. The van der Waals surface area contributed by atoms with Crippen LogP contribution in [0.15, 0.2) is 36.4 Å². The molecule has 23 heavy (non-hydrogen) atoms. The summed E-state index contributed by atoms with van der Waals surface area (Å²) in [5, 5.41) is 15.3. The second kappa shape index (κ2) is 5.68. The van der Waals surface area contributed by atoms with Gasteiger partial charge < -0.3 is 10.1 Å². The summed E-state index contributed by atoms with van der Waals surface area (Å²) in [7, 11) is 1.74. The first-order valence-corrected chi connectivity index (χ1v) is 7.48. The monoisotopic (exact) mass is 308 g/mol. The van der Waals surface area contributed by atoms with Gasteiger partial charge in [-0.2, -0.15) is 4.80 Å². The van der Waals surface area contributed by atoms with Crippen LogP contribution in [-0.2, 0) is 20.1 Å². The van der Waals surface area contributed by atoms with Crippen molar-refractivity contribution in [2.45, 2.75) is 13.0 Å². The molecule has 1 aromatic carbocycles. The van der Waals surface area contributed by atoms with E-state index in [1.807, 2.05) is 30.3 Å². The van der Waals surface area contributed by atoms with Gasteiger partial charge in [-0.25, -0.2) is 4.98 Å². The molecule has 0 saturated heterocycles. The number of fused-ring (bicyclic) bond motifs is 1. The third-order valence-electron chi connectivity index (χ3n) is 3.73. The molecule has 0 saturated carbocycles. The van der Waals surface area contributed by atoms with E-state index in [-0.39, 0.29) is 0 Å². The van der Waals surface area contributed by atoms with E-state index in [4.69, 9.17) is 4.74 Å². The molecule has 1 N–H and O–H groups in total. The molecule has 1 aliphatic heterocycles. The average molecular weight is 308 g/mol. The molecule has 0 unspecified atom stereocenters. The summed E-state index contributed by atoms with van der Waals surface area (Å²) in [5.41, 5.74) is 3.10.